The molecule has 2 N–H and O–H groups in total. The van der Waals surface area contributed by atoms with Gasteiger partial charge in [-0.15, -0.1) is 0 Å². The van der Waals surface area contributed by atoms with Crippen molar-refractivity contribution in [3.8, 4) is 0 Å². The zero-order valence-corrected chi connectivity index (χ0v) is 13.2. The van der Waals surface area contributed by atoms with Crippen LogP contribution < -0.4 is 5.32 Å². The summed E-state index contributed by atoms with van der Waals surface area (Å²) in [5, 5.41) is 15.9. The summed E-state index contributed by atoms with van der Waals surface area (Å²) >= 11 is 5.87. The molecule has 2 rings (SSSR count). The zero-order valence-electron chi connectivity index (χ0n) is 12.4. The molecule has 0 fully saturated rings. The van der Waals surface area contributed by atoms with Gasteiger partial charge in [-0.3, -0.25) is 4.68 Å². The van der Waals surface area contributed by atoms with Crippen molar-refractivity contribution >= 4 is 23.7 Å². The fourth-order valence-electron chi connectivity index (χ4n) is 1.87. The van der Waals surface area contributed by atoms with Crippen molar-refractivity contribution in [2.75, 3.05) is 0 Å². The van der Waals surface area contributed by atoms with Crippen molar-refractivity contribution < 1.29 is 19.4 Å². The molecule has 1 amide bonds. The summed E-state index contributed by atoms with van der Waals surface area (Å²) in [7, 11) is 0. The van der Waals surface area contributed by atoms with E-state index in [0.717, 1.165) is 5.56 Å². The van der Waals surface area contributed by atoms with Crippen molar-refractivity contribution in [3.63, 3.8) is 0 Å². The molecule has 1 heterocycles. The van der Waals surface area contributed by atoms with E-state index in [0.29, 0.717) is 10.7 Å². The maximum absolute atomic E-state index is 11.8. The summed E-state index contributed by atoms with van der Waals surface area (Å²) in [6.07, 6.45) is 0.612. The number of ether oxygens (including phenoxy) is 1. The highest BCUT2D eigenvalue weighted by molar-refractivity contribution is 6.31. The molecule has 0 aliphatic heterocycles. The monoisotopic (exact) mass is 337 g/mol. The van der Waals surface area contributed by atoms with Crippen LogP contribution in [0.3, 0.4) is 0 Å². The van der Waals surface area contributed by atoms with E-state index in [2.05, 4.69) is 10.4 Å². The standard InChI is InChI=1S/C15H16ClN3O4/c1-10-12(16)7-17-19(10)8-13(14(20)21)18-15(22)23-9-11-5-3-2-4-6-11/h2-7,13H,8-9H2,1H3,(H,18,22)(H,20,21). The number of aromatic nitrogens is 2. The molecule has 1 atom stereocenters. The van der Waals surface area contributed by atoms with Gasteiger partial charge in [0.1, 0.15) is 12.6 Å². The molecule has 0 saturated heterocycles. The Hall–Kier alpha value is -2.54. The molecular weight excluding hydrogens is 322 g/mol. The maximum Gasteiger partial charge on any atom is 0.408 e. The molecule has 0 bridgehead atoms. The van der Waals surface area contributed by atoms with Gasteiger partial charge in [0.05, 0.1) is 23.5 Å². The number of carbonyl (C=O) groups excluding carboxylic acids is 1. The van der Waals surface area contributed by atoms with Crippen LogP contribution in [0.5, 0.6) is 0 Å². The first-order valence-corrected chi connectivity index (χ1v) is 7.23. The molecule has 1 aromatic heterocycles. The van der Waals surface area contributed by atoms with Gasteiger partial charge < -0.3 is 15.2 Å². The van der Waals surface area contributed by atoms with Gasteiger partial charge in [0.25, 0.3) is 0 Å². The Labute approximate surface area is 137 Å². The van der Waals surface area contributed by atoms with Crippen molar-refractivity contribution in [2.45, 2.75) is 26.1 Å². The summed E-state index contributed by atoms with van der Waals surface area (Å²) in [6, 6.07) is 7.92. The summed E-state index contributed by atoms with van der Waals surface area (Å²) < 4.78 is 6.43. The second kappa shape index (κ2) is 7.64. The van der Waals surface area contributed by atoms with Gasteiger partial charge in [0.15, 0.2) is 0 Å². The van der Waals surface area contributed by atoms with Crippen molar-refractivity contribution in [1.29, 1.82) is 0 Å². The number of carboxylic acids is 1. The third-order valence-corrected chi connectivity index (χ3v) is 3.57. The van der Waals surface area contributed by atoms with Crippen LogP contribution in [0.4, 0.5) is 4.79 Å². The third kappa shape index (κ3) is 4.72. The van der Waals surface area contributed by atoms with Gasteiger partial charge in [-0.2, -0.15) is 5.10 Å². The number of benzene rings is 1. The van der Waals surface area contributed by atoms with Gasteiger partial charge in [0.2, 0.25) is 0 Å². The summed E-state index contributed by atoms with van der Waals surface area (Å²) in [5.74, 6) is -1.19. The molecule has 0 spiro atoms. The van der Waals surface area contributed by atoms with Crippen molar-refractivity contribution in [1.82, 2.24) is 15.1 Å². The quantitative estimate of drug-likeness (QED) is 0.843. The van der Waals surface area contributed by atoms with Crippen LogP contribution >= 0.6 is 11.6 Å². The molecule has 2 aromatic rings. The predicted octanol–water partition coefficient (Wildman–Crippen LogP) is 2.22. The lowest BCUT2D eigenvalue weighted by atomic mass is 10.2. The van der Waals surface area contributed by atoms with E-state index in [1.807, 2.05) is 18.2 Å². The van der Waals surface area contributed by atoms with Crippen LogP contribution in [-0.2, 0) is 22.7 Å². The average Bonchev–Trinajstić information content (AvgIpc) is 2.85. The van der Waals surface area contributed by atoms with Crippen molar-refractivity contribution in [3.05, 3.63) is 52.8 Å². The molecule has 0 saturated carbocycles. The minimum Gasteiger partial charge on any atom is -0.480 e. The first-order valence-electron chi connectivity index (χ1n) is 6.85. The fourth-order valence-corrected chi connectivity index (χ4v) is 2.01. The number of nitrogens with one attached hydrogen (secondary N) is 1. The number of hydrogen-bond donors (Lipinski definition) is 2. The van der Waals surface area contributed by atoms with Crippen LogP contribution in [0.1, 0.15) is 11.3 Å². The number of nitrogens with zero attached hydrogens (tertiary/aromatic N) is 2. The molecular formula is C15H16ClN3O4. The number of hydrogen-bond acceptors (Lipinski definition) is 4. The predicted molar refractivity (Wildman–Crippen MR) is 83.2 cm³/mol. The largest absolute Gasteiger partial charge is 0.480 e. The highest BCUT2D eigenvalue weighted by Gasteiger charge is 2.22. The smallest absolute Gasteiger partial charge is 0.408 e. The number of halogens is 1. The molecule has 8 heteroatoms. The van der Waals surface area contributed by atoms with Gasteiger partial charge in [-0.05, 0) is 12.5 Å². The van der Waals surface area contributed by atoms with Crippen molar-refractivity contribution in [2.24, 2.45) is 0 Å². The van der Waals surface area contributed by atoms with Gasteiger partial charge in [0, 0.05) is 0 Å². The molecule has 0 radical (unpaired) electrons. The molecule has 0 aliphatic carbocycles. The second-order valence-electron chi connectivity index (χ2n) is 4.86. The average molecular weight is 338 g/mol. The fraction of sp³-hybridized carbons (Fsp3) is 0.267. The topological polar surface area (TPSA) is 93.5 Å². The van der Waals surface area contributed by atoms with Crippen LogP contribution in [0, 0.1) is 6.92 Å². The van der Waals surface area contributed by atoms with E-state index in [9.17, 15) is 14.7 Å². The van der Waals surface area contributed by atoms with E-state index in [-0.39, 0.29) is 13.2 Å². The third-order valence-electron chi connectivity index (χ3n) is 3.20. The Kier molecular flexibility index (Phi) is 5.59. The van der Waals surface area contributed by atoms with E-state index < -0.39 is 18.1 Å². The maximum atomic E-state index is 11.8. The molecule has 122 valence electrons. The van der Waals surface area contributed by atoms with Crippen LogP contribution in [0.2, 0.25) is 5.02 Å². The Morgan fingerprint density at radius 1 is 1.39 bits per heavy atom. The molecule has 1 aromatic carbocycles. The number of amides is 1. The van der Waals surface area contributed by atoms with E-state index >= 15 is 0 Å². The number of carboxylic acid groups (broad SMARTS) is 1. The molecule has 1 unspecified atom stereocenters. The minimum absolute atomic E-state index is 0.0473. The Morgan fingerprint density at radius 3 is 2.65 bits per heavy atom. The lowest BCUT2D eigenvalue weighted by molar-refractivity contribution is -0.139. The highest BCUT2D eigenvalue weighted by atomic mass is 35.5. The summed E-state index contributed by atoms with van der Waals surface area (Å²) in [5.41, 5.74) is 1.43. The zero-order chi connectivity index (χ0) is 16.8. The van der Waals surface area contributed by atoms with Crippen LogP contribution in [0.15, 0.2) is 36.5 Å². The molecule has 0 aliphatic rings. The number of alkyl carbamates (subject to hydrolysis) is 1. The Bertz CT molecular complexity index is 687. The summed E-state index contributed by atoms with van der Waals surface area (Å²) in [4.78, 5) is 23.0. The van der Waals surface area contributed by atoms with Gasteiger partial charge >= 0.3 is 12.1 Å². The van der Waals surface area contributed by atoms with E-state index in [1.54, 1.807) is 19.1 Å². The summed E-state index contributed by atoms with van der Waals surface area (Å²) in [6.45, 7) is 1.72. The minimum atomic E-state index is -1.19. The SMILES string of the molecule is Cc1c(Cl)cnn1CC(NC(=O)OCc1ccccc1)C(=O)O. The van der Waals surface area contributed by atoms with Crippen LogP contribution in [-0.4, -0.2) is 33.0 Å². The van der Waals surface area contributed by atoms with Crippen LogP contribution in [0.25, 0.3) is 0 Å². The van der Waals surface area contributed by atoms with Gasteiger partial charge in [-0.25, -0.2) is 9.59 Å². The molecule has 23 heavy (non-hydrogen) atoms. The number of rotatable bonds is 6. The Morgan fingerprint density at radius 2 is 2.09 bits per heavy atom. The molecule has 7 nitrogen and oxygen atoms in total. The lowest BCUT2D eigenvalue weighted by Gasteiger charge is -2.15. The normalized spacial score (nSPS) is 11.7. The first kappa shape index (κ1) is 16.8. The second-order valence-corrected chi connectivity index (χ2v) is 5.26. The number of carbonyl (C=O) groups is 2. The van der Waals surface area contributed by atoms with E-state index in [1.165, 1.54) is 10.9 Å². The van der Waals surface area contributed by atoms with Gasteiger partial charge in [-0.1, -0.05) is 41.9 Å². The Balaban J connectivity index is 1.92. The lowest BCUT2D eigenvalue weighted by Crippen LogP contribution is -2.44. The number of aliphatic carboxylic acids is 1. The van der Waals surface area contributed by atoms with E-state index in [4.69, 9.17) is 16.3 Å². The first-order chi connectivity index (χ1) is 11.0. The highest BCUT2D eigenvalue weighted by Crippen LogP contribution is 2.13.